The van der Waals surface area contributed by atoms with Gasteiger partial charge in [-0.05, 0) is 59.4 Å². The first-order valence-corrected chi connectivity index (χ1v) is 8.14. The Labute approximate surface area is 130 Å². The lowest BCUT2D eigenvalue weighted by atomic mass is 10.0. The fourth-order valence-electron chi connectivity index (χ4n) is 2.69. The lowest BCUT2D eigenvalue weighted by Gasteiger charge is -2.37. The van der Waals surface area contributed by atoms with E-state index < -0.39 is 0 Å². The summed E-state index contributed by atoms with van der Waals surface area (Å²) in [5, 5.41) is 3.76. The summed E-state index contributed by atoms with van der Waals surface area (Å²) in [7, 11) is 4.31. The van der Waals surface area contributed by atoms with E-state index in [-0.39, 0.29) is 5.54 Å². The second-order valence-corrected chi connectivity index (χ2v) is 7.12. The van der Waals surface area contributed by atoms with Crippen molar-refractivity contribution >= 4 is 0 Å². The molecule has 1 aromatic carbocycles. The first-order chi connectivity index (χ1) is 9.97. The molecule has 1 N–H and O–H groups in total. The van der Waals surface area contributed by atoms with Crippen LogP contribution in [0.25, 0.3) is 0 Å². The molecule has 1 aromatic rings. The van der Waals surface area contributed by atoms with Crippen molar-refractivity contribution in [2.24, 2.45) is 0 Å². The zero-order valence-corrected chi connectivity index (χ0v) is 14.1. The van der Waals surface area contributed by atoms with Gasteiger partial charge in [0.1, 0.15) is 0 Å². The van der Waals surface area contributed by atoms with Crippen LogP contribution in [0.3, 0.4) is 0 Å². The first-order valence-electron chi connectivity index (χ1n) is 8.14. The first kappa shape index (κ1) is 16.5. The average Bonchev–Trinajstić information content (AvgIpc) is 2.47. The Morgan fingerprint density at radius 2 is 1.76 bits per heavy atom. The smallest absolute Gasteiger partial charge is 0.0271 e. The maximum Gasteiger partial charge on any atom is 0.0271 e. The highest BCUT2D eigenvalue weighted by Crippen LogP contribution is 2.15. The monoisotopic (exact) mass is 289 g/mol. The molecule has 0 atom stereocenters. The number of nitrogens with zero attached hydrogens (tertiary/aromatic N) is 2. The van der Waals surface area contributed by atoms with Crippen LogP contribution in [0, 0.1) is 0 Å². The number of likely N-dealkylation sites (tertiary alicyclic amines) is 1. The van der Waals surface area contributed by atoms with Crippen LogP contribution in [0.1, 0.15) is 32.3 Å². The van der Waals surface area contributed by atoms with Gasteiger partial charge in [0.25, 0.3) is 0 Å². The Morgan fingerprint density at radius 1 is 1.14 bits per heavy atom. The molecule has 3 heteroatoms. The van der Waals surface area contributed by atoms with Crippen LogP contribution < -0.4 is 5.32 Å². The van der Waals surface area contributed by atoms with Crippen LogP contribution in [-0.4, -0.2) is 55.1 Å². The molecule has 1 aliphatic heterocycles. The predicted octanol–water partition coefficient (Wildman–Crippen LogP) is 2.58. The largest absolute Gasteiger partial charge is 0.312 e. The number of piperidine rings is 1. The molecule has 1 saturated heterocycles. The molecule has 1 aliphatic rings. The second-order valence-electron chi connectivity index (χ2n) is 7.12. The average molecular weight is 289 g/mol. The summed E-state index contributed by atoms with van der Waals surface area (Å²) in [6.07, 6.45) is 2.52. The molecule has 0 aromatic heterocycles. The highest BCUT2D eigenvalue weighted by Gasteiger charge is 2.24. The minimum Gasteiger partial charge on any atom is -0.312 e. The van der Waals surface area contributed by atoms with Crippen molar-refractivity contribution < 1.29 is 0 Å². The van der Waals surface area contributed by atoms with Crippen molar-refractivity contribution in [1.29, 1.82) is 0 Å². The molecule has 3 nitrogen and oxygen atoms in total. The normalized spacial score (nSPS) is 18.3. The SMILES string of the molecule is CN(C)C(C)(C)CNC1CCN(Cc2ccccc2)CC1. The van der Waals surface area contributed by atoms with E-state index in [2.05, 4.69) is 73.4 Å². The molecule has 0 unspecified atom stereocenters. The van der Waals surface area contributed by atoms with E-state index in [1.54, 1.807) is 0 Å². The predicted molar refractivity (Wildman–Crippen MR) is 90.5 cm³/mol. The summed E-state index contributed by atoms with van der Waals surface area (Å²) in [5.74, 6) is 0. The van der Waals surface area contributed by atoms with Crippen LogP contribution >= 0.6 is 0 Å². The third kappa shape index (κ3) is 5.10. The fourth-order valence-corrected chi connectivity index (χ4v) is 2.69. The van der Waals surface area contributed by atoms with Crippen LogP contribution in [0.2, 0.25) is 0 Å². The summed E-state index contributed by atoms with van der Waals surface area (Å²) in [6, 6.07) is 11.5. The van der Waals surface area contributed by atoms with Crippen LogP contribution in [0.4, 0.5) is 0 Å². The summed E-state index contributed by atoms with van der Waals surface area (Å²) >= 11 is 0. The van der Waals surface area contributed by atoms with E-state index in [9.17, 15) is 0 Å². The summed E-state index contributed by atoms with van der Waals surface area (Å²) in [6.45, 7) is 9.15. The molecule has 0 aliphatic carbocycles. The molecule has 118 valence electrons. The molecule has 0 saturated carbocycles. The second kappa shape index (κ2) is 7.39. The molecule has 21 heavy (non-hydrogen) atoms. The number of benzene rings is 1. The molecule has 0 amide bonds. The van der Waals surface area contributed by atoms with Gasteiger partial charge in [-0.3, -0.25) is 4.90 Å². The van der Waals surface area contributed by atoms with E-state index in [1.807, 2.05) is 0 Å². The zero-order chi connectivity index (χ0) is 15.3. The van der Waals surface area contributed by atoms with Gasteiger partial charge in [0.15, 0.2) is 0 Å². The standard InChI is InChI=1S/C18H31N3/c1-18(2,20(3)4)15-19-17-10-12-21(13-11-17)14-16-8-6-5-7-9-16/h5-9,17,19H,10-15H2,1-4H3. The van der Waals surface area contributed by atoms with Gasteiger partial charge < -0.3 is 10.2 Å². The van der Waals surface area contributed by atoms with Crippen LogP contribution in [0.15, 0.2) is 30.3 Å². The fraction of sp³-hybridized carbons (Fsp3) is 0.667. The van der Waals surface area contributed by atoms with E-state index in [0.717, 1.165) is 13.1 Å². The Hall–Kier alpha value is -0.900. The van der Waals surface area contributed by atoms with Gasteiger partial charge in [0.2, 0.25) is 0 Å². The van der Waals surface area contributed by atoms with Crippen molar-refractivity contribution in [3.05, 3.63) is 35.9 Å². The molecule has 0 bridgehead atoms. The van der Waals surface area contributed by atoms with E-state index >= 15 is 0 Å². The quantitative estimate of drug-likeness (QED) is 0.868. The number of rotatable bonds is 6. The Kier molecular flexibility index (Phi) is 5.80. The number of hydrogen-bond acceptors (Lipinski definition) is 3. The van der Waals surface area contributed by atoms with Crippen LogP contribution in [0.5, 0.6) is 0 Å². The molecule has 0 radical (unpaired) electrons. The third-order valence-corrected chi connectivity index (χ3v) is 4.87. The Balaban J connectivity index is 1.71. The van der Waals surface area contributed by atoms with E-state index in [0.29, 0.717) is 6.04 Å². The van der Waals surface area contributed by atoms with Gasteiger partial charge in [-0.2, -0.15) is 0 Å². The van der Waals surface area contributed by atoms with E-state index in [4.69, 9.17) is 0 Å². The van der Waals surface area contributed by atoms with Gasteiger partial charge in [0, 0.05) is 24.7 Å². The highest BCUT2D eigenvalue weighted by atomic mass is 15.2. The minimum atomic E-state index is 0.223. The number of nitrogens with one attached hydrogen (secondary N) is 1. The topological polar surface area (TPSA) is 18.5 Å². The molecule has 0 spiro atoms. The van der Waals surface area contributed by atoms with Gasteiger partial charge in [-0.1, -0.05) is 30.3 Å². The van der Waals surface area contributed by atoms with Crippen molar-refractivity contribution in [3.63, 3.8) is 0 Å². The van der Waals surface area contributed by atoms with E-state index in [1.165, 1.54) is 31.5 Å². The summed E-state index contributed by atoms with van der Waals surface area (Å²) in [5.41, 5.74) is 1.65. The van der Waals surface area contributed by atoms with Crippen molar-refractivity contribution in [2.75, 3.05) is 33.7 Å². The molecule has 1 heterocycles. The number of likely N-dealkylation sites (N-methyl/N-ethyl adjacent to an activating group) is 1. The lowest BCUT2D eigenvalue weighted by molar-refractivity contribution is 0.156. The van der Waals surface area contributed by atoms with Gasteiger partial charge >= 0.3 is 0 Å². The van der Waals surface area contributed by atoms with Gasteiger partial charge in [-0.15, -0.1) is 0 Å². The molecule has 2 rings (SSSR count). The van der Waals surface area contributed by atoms with Crippen molar-refractivity contribution in [1.82, 2.24) is 15.1 Å². The Bertz CT molecular complexity index is 406. The lowest BCUT2D eigenvalue weighted by Crippen LogP contribution is -2.51. The van der Waals surface area contributed by atoms with Crippen LogP contribution in [-0.2, 0) is 6.54 Å². The molecular weight excluding hydrogens is 258 g/mol. The maximum absolute atomic E-state index is 3.76. The highest BCUT2D eigenvalue weighted by molar-refractivity contribution is 5.14. The minimum absolute atomic E-state index is 0.223. The molecular formula is C18H31N3. The van der Waals surface area contributed by atoms with Gasteiger partial charge in [0.05, 0.1) is 0 Å². The third-order valence-electron chi connectivity index (χ3n) is 4.87. The summed E-state index contributed by atoms with van der Waals surface area (Å²) in [4.78, 5) is 4.87. The Morgan fingerprint density at radius 3 is 2.33 bits per heavy atom. The van der Waals surface area contributed by atoms with Crippen molar-refractivity contribution in [2.45, 2.75) is 44.8 Å². The maximum atomic E-state index is 3.76. The zero-order valence-electron chi connectivity index (χ0n) is 14.1. The van der Waals surface area contributed by atoms with Gasteiger partial charge in [-0.25, -0.2) is 0 Å². The number of hydrogen-bond donors (Lipinski definition) is 1. The van der Waals surface area contributed by atoms with Crippen molar-refractivity contribution in [3.8, 4) is 0 Å². The summed E-state index contributed by atoms with van der Waals surface area (Å²) < 4.78 is 0. The molecule has 1 fully saturated rings.